The number of nitrogens with zero attached hydrogens (tertiary/aromatic N) is 3. The van der Waals surface area contributed by atoms with Gasteiger partial charge in [0.2, 0.25) is 0 Å². The molecule has 2 heterocycles. The van der Waals surface area contributed by atoms with E-state index in [2.05, 4.69) is 10.5 Å². The van der Waals surface area contributed by atoms with Crippen molar-refractivity contribution in [3.05, 3.63) is 82.2 Å². The molecular formula is C20H16N4O5. The van der Waals surface area contributed by atoms with E-state index in [0.717, 1.165) is 5.69 Å². The Morgan fingerprint density at radius 2 is 1.86 bits per heavy atom. The van der Waals surface area contributed by atoms with Gasteiger partial charge in [0.05, 0.1) is 16.8 Å². The minimum atomic E-state index is -0.449. The van der Waals surface area contributed by atoms with Crippen molar-refractivity contribution < 1.29 is 19.2 Å². The van der Waals surface area contributed by atoms with E-state index in [-0.39, 0.29) is 11.6 Å². The molecule has 29 heavy (non-hydrogen) atoms. The second kappa shape index (κ2) is 7.85. The lowest BCUT2D eigenvalue weighted by atomic mass is 10.2. The van der Waals surface area contributed by atoms with Crippen molar-refractivity contribution in [3.8, 4) is 17.2 Å². The molecule has 9 heteroatoms. The maximum absolute atomic E-state index is 12.3. The first-order valence-corrected chi connectivity index (χ1v) is 8.77. The number of hydrogen-bond acceptors (Lipinski definition) is 6. The third kappa shape index (κ3) is 3.93. The number of rotatable bonds is 5. The van der Waals surface area contributed by atoms with Crippen LogP contribution in [0, 0.1) is 10.1 Å². The smallest absolute Gasteiger partial charge is 0.271 e. The quantitative estimate of drug-likeness (QED) is 0.408. The van der Waals surface area contributed by atoms with Crippen molar-refractivity contribution in [2.45, 2.75) is 0 Å². The van der Waals surface area contributed by atoms with Crippen LogP contribution in [0.15, 0.2) is 65.9 Å². The Bertz CT molecular complexity index is 1090. The van der Waals surface area contributed by atoms with Gasteiger partial charge in [0.15, 0.2) is 11.5 Å². The summed E-state index contributed by atoms with van der Waals surface area (Å²) in [6, 6.07) is 14.7. The van der Waals surface area contributed by atoms with Crippen molar-refractivity contribution in [2.24, 2.45) is 5.10 Å². The maximum atomic E-state index is 12.3. The van der Waals surface area contributed by atoms with Crippen LogP contribution in [0.25, 0.3) is 5.69 Å². The van der Waals surface area contributed by atoms with Gasteiger partial charge in [-0.3, -0.25) is 14.9 Å². The molecule has 0 unspecified atom stereocenters. The van der Waals surface area contributed by atoms with E-state index in [1.54, 1.807) is 47.2 Å². The Morgan fingerprint density at radius 1 is 1.10 bits per heavy atom. The molecule has 1 aliphatic rings. The average molecular weight is 392 g/mol. The van der Waals surface area contributed by atoms with Crippen LogP contribution in [0.5, 0.6) is 11.5 Å². The van der Waals surface area contributed by atoms with Gasteiger partial charge in [0.25, 0.3) is 11.6 Å². The Morgan fingerprint density at radius 3 is 2.62 bits per heavy atom. The van der Waals surface area contributed by atoms with Gasteiger partial charge in [-0.1, -0.05) is 0 Å². The fourth-order valence-electron chi connectivity index (χ4n) is 2.88. The first-order chi connectivity index (χ1) is 14.1. The molecular weight excluding hydrogens is 376 g/mol. The largest absolute Gasteiger partial charge is 0.486 e. The molecule has 0 saturated heterocycles. The Kier molecular flexibility index (Phi) is 4.93. The van der Waals surface area contributed by atoms with E-state index in [1.165, 1.54) is 18.3 Å². The van der Waals surface area contributed by atoms with Crippen molar-refractivity contribution in [1.29, 1.82) is 0 Å². The van der Waals surface area contributed by atoms with Crippen molar-refractivity contribution in [3.63, 3.8) is 0 Å². The van der Waals surface area contributed by atoms with Gasteiger partial charge in [-0.05, 0) is 42.5 Å². The minimum absolute atomic E-state index is 0.0165. The molecule has 1 N–H and O–H groups in total. The van der Waals surface area contributed by atoms with E-state index >= 15 is 0 Å². The number of nitro benzene ring substituents is 1. The summed E-state index contributed by atoms with van der Waals surface area (Å²) in [6.45, 7) is 0.924. The number of non-ortho nitro benzene ring substituents is 1. The normalized spacial score (nSPS) is 12.7. The number of hydrazone groups is 1. The molecule has 146 valence electrons. The molecule has 1 aliphatic heterocycles. The van der Waals surface area contributed by atoms with E-state index < -0.39 is 4.92 Å². The zero-order valence-electron chi connectivity index (χ0n) is 15.1. The number of amides is 1. The van der Waals surface area contributed by atoms with Gasteiger partial charge < -0.3 is 14.0 Å². The average Bonchev–Trinajstić information content (AvgIpc) is 3.22. The first-order valence-electron chi connectivity index (χ1n) is 8.77. The topological polar surface area (TPSA) is 108 Å². The Labute approximate surface area is 165 Å². The third-order valence-corrected chi connectivity index (χ3v) is 4.29. The minimum Gasteiger partial charge on any atom is -0.486 e. The molecule has 0 fully saturated rings. The summed E-state index contributed by atoms with van der Waals surface area (Å²) in [5.41, 5.74) is 4.33. The van der Waals surface area contributed by atoms with Gasteiger partial charge in [0, 0.05) is 29.6 Å². The number of nitro groups is 1. The highest BCUT2D eigenvalue weighted by molar-refractivity contribution is 5.95. The van der Waals surface area contributed by atoms with Crippen LogP contribution in [0.4, 0.5) is 5.69 Å². The van der Waals surface area contributed by atoms with Crippen LogP contribution in [0.3, 0.4) is 0 Å². The molecule has 0 radical (unpaired) electrons. The van der Waals surface area contributed by atoms with E-state index in [1.807, 2.05) is 6.07 Å². The SMILES string of the molecule is O=C(N/N=C\c1cccn1-c1ccc([N+](=O)[O-])cc1)c1ccc2c(c1)OCCO2. The van der Waals surface area contributed by atoms with Gasteiger partial charge in [0.1, 0.15) is 13.2 Å². The summed E-state index contributed by atoms with van der Waals surface area (Å²) in [5.74, 6) is 0.754. The molecule has 4 rings (SSSR count). The molecule has 0 aliphatic carbocycles. The van der Waals surface area contributed by atoms with E-state index in [9.17, 15) is 14.9 Å². The lowest BCUT2D eigenvalue weighted by Crippen LogP contribution is -2.19. The molecule has 0 spiro atoms. The highest BCUT2D eigenvalue weighted by Crippen LogP contribution is 2.30. The van der Waals surface area contributed by atoms with Crippen LogP contribution in [0.1, 0.15) is 16.1 Å². The van der Waals surface area contributed by atoms with Gasteiger partial charge in [-0.15, -0.1) is 0 Å². The molecule has 0 saturated carbocycles. The van der Waals surface area contributed by atoms with E-state index in [0.29, 0.717) is 36.0 Å². The maximum Gasteiger partial charge on any atom is 0.271 e. The number of hydrogen-bond donors (Lipinski definition) is 1. The van der Waals surface area contributed by atoms with Crippen LogP contribution in [0.2, 0.25) is 0 Å². The number of aromatic nitrogens is 1. The highest BCUT2D eigenvalue weighted by atomic mass is 16.6. The lowest BCUT2D eigenvalue weighted by molar-refractivity contribution is -0.384. The van der Waals surface area contributed by atoms with E-state index in [4.69, 9.17) is 9.47 Å². The predicted molar refractivity (Wildman–Crippen MR) is 105 cm³/mol. The highest BCUT2D eigenvalue weighted by Gasteiger charge is 2.14. The summed E-state index contributed by atoms with van der Waals surface area (Å²) in [6.07, 6.45) is 3.29. The summed E-state index contributed by atoms with van der Waals surface area (Å²) in [7, 11) is 0. The number of benzene rings is 2. The number of carbonyl (C=O) groups excluding carboxylic acids is 1. The number of nitrogens with one attached hydrogen (secondary N) is 1. The van der Waals surface area contributed by atoms with Crippen LogP contribution < -0.4 is 14.9 Å². The molecule has 2 aromatic carbocycles. The Balaban J connectivity index is 1.46. The second-order valence-corrected chi connectivity index (χ2v) is 6.13. The third-order valence-electron chi connectivity index (χ3n) is 4.29. The van der Waals surface area contributed by atoms with Gasteiger partial charge in [-0.2, -0.15) is 5.10 Å². The predicted octanol–water partition coefficient (Wildman–Crippen LogP) is 2.92. The van der Waals surface area contributed by atoms with Gasteiger partial charge >= 0.3 is 0 Å². The fourth-order valence-corrected chi connectivity index (χ4v) is 2.88. The number of carbonyl (C=O) groups is 1. The molecule has 0 bridgehead atoms. The summed E-state index contributed by atoms with van der Waals surface area (Å²) in [4.78, 5) is 22.7. The Hall–Kier alpha value is -4.14. The lowest BCUT2D eigenvalue weighted by Gasteiger charge is -2.18. The molecule has 9 nitrogen and oxygen atoms in total. The van der Waals surface area contributed by atoms with Crippen molar-refractivity contribution >= 4 is 17.8 Å². The number of ether oxygens (including phenoxy) is 2. The van der Waals surface area contributed by atoms with Crippen LogP contribution in [-0.4, -0.2) is 34.8 Å². The summed E-state index contributed by atoms with van der Waals surface area (Å²) in [5, 5.41) is 14.8. The molecule has 1 aromatic heterocycles. The molecule has 1 amide bonds. The van der Waals surface area contributed by atoms with Crippen LogP contribution >= 0.6 is 0 Å². The van der Waals surface area contributed by atoms with Gasteiger partial charge in [-0.25, -0.2) is 5.43 Å². The second-order valence-electron chi connectivity index (χ2n) is 6.13. The zero-order valence-corrected chi connectivity index (χ0v) is 15.1. The first kappa shape index (κ1) is 18.2. The monoisotopic (exact) mass is 392 g/mol. The summed E-state index contributed by atoms with van der Waals surface area (Å²) < 4.78 is 12.7. The fraction of sp³-hybridized carbons (Fsp3) is 0.100. The zero-order chi connectivity index (χ0) is 20.2. The summed E-state index contributed by atoms with van der Waals surface area (Å²) >= 11 is 0. The molecule has 3 aromatic rings. The number of fused-ring (bicyclic) bond motifs is 1. The standard InChI is InChI=1S/C20H16N4O5/c25-20(14-3-8-18-19(12-14)29-11-10-28-18)22-21-13-17-2-1-9-23(17)15-4-6-16(7-5-15)24(26)27/h1-9,12-13H,10-11H2,(H,22,25)/b21-13-. The molecule has 0 atom stereocenters. The van der Waals surface area contributed by atoms with Crippen molar-refractivity contribution in [2.75, 3.05) is 13.2 Å². The van der Waals surface area contributed by atoms with Crippen LogP contribution in [-0.2, 0) is 0 Å². The van der Waals surface area contributed by atoms with Crippen molar-refractivity contribution in [1.82, 2.24) is 9.99 Å².